The summed E-state index contributed by atoms with van der Waals surface area (Å²) in [5.74, 6) is 0. The number of hydrogen-bond donors (Lipinski definition) is 0. The topological polar surface area (TPSA) is 0 Å². The molecule has 234 valence electrons. The van der Waals surface area contributed by atoms with E-state index >= 15 is 0 Å². The van der Waals surface area contributed by atoms with Crippen molar-refractivity contribution >= 4 is 13.3 Å². The summed E-state index contributed by atoms with van der Waals surface area (Å²) in [7, 11) is -1.81. The quantitative estimate of drug-likeness (QED) is 0.156. The van der Waals surface area contributed by atoms with E-state index in [0.29, 0.717) is 0 Å². The Balaban J connectivity index is 0. The van der Waals surface area contributed by atoms with Gasteiger partial charge < -0.3 is 37.2 Å². The van der Waals surface area contributed by atoms with E-state index in [1.165, 1.54) is 120 Å². The Bertz CT molecular complexity index is 895. The van der Waals surface area contributed by atoms with Crippen LogP contribution in [-0.2, 0) is 20.4 Å². The average Bonchev–Trinajstić information content (AvgIpc) is 3.03. The average molecular weight is 676 g/mol. The zero-order chi connectivity index (χ0) is 28.2. The molecule has 2 unspecified atom stereocenters. The smallest absolute Gasteiger partial charge is 1.00 e. The molecule has 0 N–H and O–H groups in total. The van der Waals surface area contributed by atoms with Crippen LogP contribution in [0.3, 0.4) is 0 Å². The second kappa shape index (κ2) is 22.1. The minimum atomic E-state index is -1.81. The second-order valence-electron chi connectivity index (χ2n) is 13.1. The largest absolute Gasteiger partial charge is 1.00 e. The van der Waals surface area contributed by atoms with E-state index in [1.54, 1.807) is 25.8 Å². The van der Waals surface area contributed by atoms with Gasteiger partial charge in [-0.25, -0.2) is 0 Å². The van der Waals surface area contributed by atoms with Gasteiger partial charge in [-0.15, -0.1) is 0 Å². The van der Waals surface area contributed by atoms with Gasteiger partial charge in [0.25, 0.3) is 0 Å². The van der Waals surface area contributed by atoms with E-state index in [1.807, 2.05) is 0 Å². The normalized spacial score (nSPS) is 18.1. The van der Waals surface area contributed by atoms with E-state index in [0.717, 1.165) is 0 Å². The fourth-order valence-corrected chi connectivity index (χ4v) is 14.1. The molecule has 0 amide bonds. The molecule has 0 bridgehead atoms. The third kappa shape index (κ3) is 12.1. The summed E-state index contributed by atoms with van der Waals surface area (Å²) in [6, 6.07) is 8.84. The third-order valence-electron chi connectivity index (χ3n) is 10.2. The second-order valence-corrected chi connectivity index (χ2v) is 18.7. The van der Waals surface area contributed by atoms with Crippen molar-refractivity contribution in [3.63, 3.8) is 0 Å². The van der Waals surface area contributed by atoms with Crippen molar-refractivity contribution in [1.82, 2.24) is 0 Å². The van der Waals surface area contributed by atoms with Crippen LogP contribution in [0.15, 0.2) is 38.8 Å². The Hall–Kier alpha value is 0.501. The molecule has 0 fully saturated rings. The van der Waals surface area contributed by atoms with Gasteiger partial charge >= 0.3 is 194 Å². The van der Waals surface area contributed by atoms with Crippen LogP contribution in [0.4, 0.5) is 0 Å². The van der Waals surface area contributed by atoms with E-state index < -0.39 is 8.07 Å². The fourth-order valence-electron chi connectivity index (χ4n) is 7.10. The maximum atomic E-state index is 2.71. The molecule has 1 aliphatic rings. The summed E-state index contributed by atoms with van der Waals surface area (Å²) in [6.07, 6.45) is 23.1. The third-order valence-corrected chi connectivity index (χ3v) is 17.7. The van der Waals surface area contributed by atoms with Crippen molar-refractivity contribution in [3.8, 4) is 0 Å². The number of halogens is 3. The molecule has 1 aromatic carbocycles. The summed E-state index contributed by atoms with van der Waals surface area (Å²) >= 11 is 2.44. The summed E-state index contributed by atoms with van der Waals surface area (Å²) in [5.41, 5.74) is 7.63. The standard InChI is InChI=1S/C36H61Si.3ClH.Ti/c1-9-10-11-12-13-14-15-16-17-18-19-20-21-22-23-24-25-37(8,35-27-30(2)26-31(3)28-35)36(7)29-32(4)33(5)34(36)6;;;;/h26-28H,9-25H2,1-8H3;3*1H;/q;;;;+3/p-3. The minimum absolute atomic E-state index is 0. The molecule has 0 saturated heterocycles. The van der Waals surface area contributed by atoms with Gasteiger partial charge in [0.2, 0.25) is 0 Å². The van der Waals surface area contributed by atoms with Crippen LogP contribution >= 0.6 is 0 Å². The van der Waals surface area contributed by atoms with Crippen LogP contribution in [0, 0.1) is 13.8 Å². The maximum absolute atomic E-state index is 2.71. The first kappa shape index (κ1) is 43.6. The fraction of sp³-hybridized carbons (Fsp3) is 0.722. The predicted molar refractivity (Wildman–Crippen MR) is 171 cm³/mol. The van der Waals surface area contributed by atoms with Crippen molar-refractivity contribution in [2.45, 2.75) is 169 Å². The SMILES string of the molecule is CCCCCCCCCCCCCCCCCC[Si](C)(c1cc(C)cc(C)c1)C1(C)C(C)=C(C)C(C)=[C]1[Ti+3].[Cl-].[Cl-].[Cl-]. The molecule has 1 aromatic rings. The molecule has 0 spiro atoms. The molecule has 0 heterocycles. The molecule has 0 radical (unpaired) electrons. The molecule has 2 atom stereocenters. The van der Waals surface area contributed by atoms with Crippen LogP contribution in [-0.4, -0.2) is 8.07 Å². The van der Waals surface area contributed by atoms with Crippen LogP contribution in [0.25, 0.3) is 0 Å². The van der Waals surface area contributed by atoms with Gasteiger partial charge in [-0.1, -0.05) is 58.3 Å². The number of aryl methyl sites for hydroxylation is 2. The molecule has 41 heavy (non-hydrogen) atoms. The van der Waals surface area contributed by atoms with Crippen molar-refractivity contribution < 1.29 is 57.7 Å². The number of benzene rings is 1. The maximum Gasteiger partial charge on any atom is -1.00 e. The molecule has 0 aromatic heterocycles. The van der Waals surface area contributed by atoms with Crippen molar-refractivity contribution in [2.75, 3.05) is 0 Å². The Morgan fingerprint density at radius 1 is 0.585 bits per heavy atom. The molecular formula is C36H61Cl3SiTi. The minimum Gasteiger partial charge on any atom is -1.00 e. The number of rotatable bonds is 19. The summed E-state index contributed by atoms with van der Waals surface area (Å²) < 4.78 is 1.65. The molecule has 2 rings (SSSR count). The zero-order valence-electron chi connectivity index (χ0n) is 27.9. The predicted octanol–water partition coefficient (Wildman–Crippen LogP) is 2.79. The van der Waals surface area contributed by atoms with Crippen molar-refractivity contribution in [3.05, 3.63) is 49.9 Å². The van der Waals surface area contributed by atoms with Gasteiger partial charge in [0, 0.05) is 0 Å². The Kier molecular flexibility index (Phi) is 23.5. The molecular weight excluding hydrogens is 615 g/mol. The monoisotopic (exact) mass is 674 g/mol. The van der Waals surface area contributed by atoms with E-state index in [-0.39, 0.29) is 42.3 Å². The Morgan fingerprint density at radius 3 is 1.29 bits per heavy atom. The molecule has 1 aliphatic carbocycles. The van der Waals surface area contributed by atoms with Gasteiger partial charge in [0.05, 0.1) is 0 Å². The van der Waals surface area contributed by atoms with Crippen LogP contribution in [0.5, 0.6) is 0 Å². The number of allylic oxidation sites excluding steroid dienone is 4. The Morgan fingerprint density at radius 2 is 0.951 bits per heavy atom. The molecule has 0 saturated carbocycles. The number of unbranched alkanes of at least 4 members (excludes halogenated alkanes) is 15. The first-order valence-corrected chi connectivity index (χ1v) is 19.8. The molecule has 5 heteroatoms. The molecule has 0 aliphatic heterocycles. The van der Waals surface area contributed by atoms with E-state index in [9.17, 15) is 0 Å². The van der Waals surface area contributed by atoms with E-state index in [2.05, 4.69) is 93.6 Å². The molecule has 0 nitrogen and oxygen atoms in total. The number of hydrogen-bond acceptors (Lipinski definition) is 0. The van der Waals surface area contributed by atoms with E-state index in [4.69, 9.17) is 0 Å². The summed E-state index contributed by atoms with van der Waals surface area (Å²) in [5, 5.41) is 1.91. The first-order valence-electron chi connectivity index (χ1n) is 16.3. The van der Waals surface area contributed by atoms with Crippen molar-refractivity contribution in [2.24, 2.45) is 0 Å². The van der Waals surface area contributed by atoms with Crippen LogP contribution in [0.1, 0.15) is 148 Å². The van der Waals surface area contributed by atoms with Crippen LogP contribution < -0.4 is 42.4 Å². The van der Waals surface area contributed by atoms with Gasteiger partial charge in [-0.05, 0) is 0 Å². The Labute approximate surface area is 287 Å². The van der Waals surface area contributed by atoms with Gasteiger partial charge in [-0.3, -0.25) is 0 Å². The summed E-state index contributed by atoms with van der Waals surface area (Å²) in [4.78, 5) is 0. The van der Waals surface area contributed by atoms with Gasteiger partial charge in [0.1, 0.15) is 0 Å². The van der Waals surface area contributed by atoms with Gasteiger partial charge in [0.15, 0.2) is 0 Å². The summed E-state index contributed by atoms with van der Waals surface area (Å²) in [6.45, 7) is 19.4. The van der Waals surface area contributed by atoms with Gasteiger partial charge in [-0.2, -0.15) is 0 Å². The van der Waals surface area contributed by atoms with Crippen LogP contribution in [0.2, 0.25) is 17.6 Å². The first-order chi connectivity index (χ1) is 18.1. The van der Waals surface area contributed by atoms with Crippen molar-refractivity contribution in [1.29, 1.82) is 0 Å². The zero-order valence-corrected chi connectivity index (χ0v) is 32.7.